The van der Waals surface area contributed by atoms with Crippen LogP contribution in [0.2, 0.25) is 0 Å². The summed E-state index contributed by atoms with van der Waals surface area (Å²) in [5, 5.41) is 2.33. The SMILES string of the molecule is S=C=Nc1cccc(C#CCCS)c1. The molecule has 70 valence electrons. The summed E-state index contributed by atoms with van der Waals surface area (Å²) in [6.07, 6.45) is 0.795. The van der Waals surface area contributed by atoms with Gasteiger partial charge in [0.2, 0.25) is 0 Å². The maximum atomic E-state index is 4.52. The van der Waals surface area contributed by atoms with E-state index >= 15 is 0 Å². The average molecular weight is 219 g/mol. The van der Waals surface area contributed by atoms with Crippen LogP contribution in [0.5, 0.6) is 0 Å². The Kier molecular flexibility index (Phi) is 5.03. The Hall–Kier alpha value is -1.07. The van der Waals surface area contributed by atoms with Crippen molar-refractivity contribution < 1.29 is 0 Å². The van der Waals surface area contributed by atoms with E-state index in [1.807, 2.05) is 24.3 Å². The van der Waals surface area contributed by atoms with Crippen LogP contribution in [-0.4, -0.2) is 10.9 Å². The number of nitrogens with zero attached hydrogens (tertiary/aromatic N) is 1. The van der Waals surface area contributed by atoms with Gasteiger partial charge in [-0.3, -0.25) is 0 Å². The van der Waals surface area contributed by atoms with Crippen molar-refractivity contribution in [3.63, 3.8) is 0 Å². The van der Waals surface area contributed by atoms with E-state index in [4.69, 9.17) is 0 Å². The summed E-state index contributed by atoms with van der Waals surface area (Å²) >= 11 is 8.60. The lowest BCUT2D eigenvalue weighted by molar-refractivity contribution is 1.31. The molecule has 0 bridgehead atoms. The minimum Gasteiger partial charge on any atom is -0.195 e. The quantitative estimate of drug-likeness (QED) is 0.349. The number of rotatable bonds is 2. The Labute approximate surface area is 94.7 Å². The Balaban J connectivity index is 2.84. The third kappa shape index (κ3) is 3.76. The molecule has 0 spiro atoms. The van der Waals surface area contributed by atoms with E-state index in [1.165, 1.54) is 0 Å². The number of isothiocyanates is 1. The fourth-order valence-corrected chi connectivity index (χ4v) is 1.14. The maximum Gasteiger partial charge on any atom is 0.0751 e. The van der Waals surface area contributed by atoms with E-state index in [0.717, 1.165) is 23.4 Å². The number of hydrogen-bond donors (Lipinski definition) is 1. The van der Waals surface area contributed by atoms with Gasteiger partial charge < -0.3 is 0 Å². The van der Waals surface area contributed by atoms with Crippen LogP contribution >= 0.6 is 24.8 Å². The van der Waals surface area contributed by atoms with Crippen LogP contribution in [0.15, 0.2) is 29.3 Å². The molecule has 1 nitrogen and oxygen atoms in total. The first kappa shape index (κ1) is 11.0. The molecule has 0 radical (unpaired) electrons. The van der Waals surface area contributed by atoms with E-state index in [0.29, 0.717) is 0 Å². The van der Waals surface area contributed by atoms with Gasteiger partial charge in [0.05, 0.1) is 10.8 Å². The summed E-state index contributed by atoms with van der Waals surface area (Å²) < 4.78 is 0. The van der Waals surface area contributed by atoms with Crippen LogP contribution in [0, 0.1) is 11.8 Å². The van der Waals surface area contributed by atoms with Gasteiger partial charge in [0, 0.05) is 17.7 Å². The van der Waals surface area contributed by atoms with Crippen LogP contribution in [-0.2, 0) is 0 Å². The second-order valence-electron chi connectivity index (χ2n) is 2.53. The monoisotopic (exact) mass is 219 g/mol. The molecular formula is C11H9NS2. The van der Waals surface area contributed by atoms with Gasteiger partial charge in [-0.15, -0.1) is 0 Å². The van der Waals surface area contributed by atoms with Gasteiger partial charge in [0.25, 0.3) is 0 Å². The summed E-state index contributed by atoms with van der Waals surface area (Å²) in [7, 11) is 0. The Morgan fingerprint density at radius 1 is 1.43 bits per heavy atom. The molecule has 1 aromatic carbocycles. The van der Waals surface area contributed by atoms with Crippen LogP contribution < -0.4 is 0 Å². The Morgan fingerprint density at radius 3 is 3.00 bits per heavy atom. The first-order valence-corrected chi connectivity index (χ1v) is 5.18. The zero-order valence-corrected chi connectivity index (χ0v) is 9.24. The maximum absolute atomic E-state index is 4.52. The second-order valence-corrected chi connectivity index (χ2v) is 3.16. The molecule has 0 unspecified atom stereocenters. The van der Waals surface area contributed by atoms with Gasteiger partial charge in [0.1, 0.15) is 0 Å². The highest BCUT2D eigenvalue weighted by molar-refractivity contribution is 7.80. The van der Waals surface area contributed by atoms with Gasteiger partial charge in [0.15, 0.2) is 0 Å². The number of aliphatic imine (C=N–C) groups is 1. The number of thiocarbonyl (C=S) groups is 1. The van der Waals surface area contributed by atoms with Crippen molar-refractivity contribution >= 4 is 35.7 Å². The molecule has 0 saturated heterocycles. The second kappa shape index (κ2) is 6.39. The molecule has 0 amide bonds. The normalized spacial score (nSPS) is 8.36. The van der Waals surface area contributed by atoms with Crippen LogP contribution in [0.25, 0.3) is 0 Å². The highest BCUT2D eigenvalue weighted by Crippen LogP contribution is 2.12. The van der Waals surface area contributed by atoms with Crippen molar-refractivity contribution in [3.8, 4) is 11.8 Å². The molecule has 1 aromatic rings. The summed E-state index contributed by atoms with van der Waals surface area (Å²) in [6.45, 7) is 0. The predicted octanol–water partition coefficient (Wildman–Crippen LogP) is 3.09. The predicted molar refractivity (Wildman–Crippen MR) is 66.5 cm³/mol. The van der Waals surface area contributed by atoms with E-state index < -0.39 is 0 Å². The Morgan fingerprint density at radius 2 is 2.29 bits per heavy atom. The zero-order chi connectivity index (χ0) is 10.2. The smallest absolute Gasteiger partial charge is 0.0751 e. The summed E-state index contributed by atoms with van der Waals surface area (Å²) in [4.78, 5) is 3.88. The molecule has 14 heavy (non-hydrogen) atoms. The van der Waals surface area contributed by atoms with Crippen LogP contribution in [0.4, 0.5) is 5.69 Å². The lowest BCUT2D eigenvalue weighted by atomic mass is 10.2. The molecule has 1 rings (SSSR count). The lowest BCUT2D eigenvalue weighted by Crippen LogP contribution is -1.74. The van der Waals surface area contributed by atoms with Crippen LogP contribution in [0.3, 0.4) is 0 Å². The zero-order valence-electron chi connectivity index (χ0n) is 7.53. The number of benzene rings is 1. The largest absolute Gasteiger partial charge is 0.195 e. The minimum absolute atomic E-state index is 0.783. The van der Waals surface area contributed by atoms with Crippen molar-refractivity contribution in [1.82, 2.24) is 0 Å². The molecule has 0 heterocycles. The third-order valence-corrected chi connectivity index (χ3v) is 1.81. The van der Waals surface area contributed by atoms with E-state index in [-0.39, 0.29) is 0 Å². The first-order chi connectivity index (χ1) is 6.86. The molecule has 0 atom stereocenters. The lowest BCUT2D eigenvalue weighted by Gasteiger charge is -1.91. The third-order valence-electron chi connectivity index (χ3n) is 1.49. The van der Waals surface area contributed by atoms with Crippen molar-refractivity contribution in [2.24, 2.45) is 4.99 Å². The summed E-state index contributed by atoms with van der Waals surface area (Å²) in [5.74, 6) is 6.81. The molecule has 0 aliphatic carbocycles. The molecule has 0 saturated carbocycles. The van der Waals surface area contributed by atoms with Gasteiger partial charge in [-0.25, -0.2) is 0 Å². The number of hydrogen-bond acceptors (Lipinski definition) is 3. The van der Waals surface area contributed by atoms with Gasteiger partial charge in [-0.1, -0.05) is 17.9 Å². The standard InChI is InChI=1S/C11H9NS2/c13-7-2-1-4-10-5-3-6-11(8-10)12-9-14/h3,5-6,8,13H,2,7H2. The van der Waals surface area contributed by atoms with E-state index in [1.54, 1.807) is 0 Å². The van der Waals surface area contributed by atoms with Crippen molar-refractivity contribution in [2.75, 3.05) is 5.75 Å². The topological polar surface area (TPSA) is 12.4 Å². The average Bonchev–Trinajstić information content (AvgIpc) is 2.19. The highest BCUT2D eigenvalue weighted by atomic mass is 32.1. The van der Waals surface area contributed by atoms with Crippen molar-refractivity contribution in [3.05, 3.63) is 29.8 Å². The fourth-order valence-electron chi connectivity index (χ4n) is 0.926. The fraction of sp³-hybridized carbons (Fsp3) is 0.182. The molecule has 3 heteroatoms. The molecule has 0 aromatic heterocycles. The Bertz CT molecular complexity index is 409. The molecule has 0 N–H and O–H groups in total. The van der Waals surface area contributed by atoms with Gasteiger partial charge >= 0.3 is 0 Å². The molecular weight excluding hydrogens is 210 g/mol. The summed E-state index contributed by atoms with van der Waals surface area (Å²) in [6, 6.07) is 7.58. The summed E-state index contributed by atoms with van der Waals surface area (Å²) in [5.41, 5.74) is 1.73. The van der Waals surface area contributed by atoms with Gasteiger partial charge in [-0.05, 0) is 30.4 Å². The van der Waals surface area contributed by atoms with Gasteiger partial charge in [-0.2, -0.15) is 17.6 Å². The highest BCUT2D eigenvalue weighted by Gasteiger charge is 1.89. The number of thiol groups is 1. The van der Waals surface area contributed by atoms with E-state index in [2.05, 4.69) is 46.8 Å². The van der Waals surface area contributed by atoms with Crippen molar-refractivity contribution in [2.45, 2.75) is 6.42 Å². The molecule has 0 fully saturated rings. The molecule has 0 aliphatic heterocycles. The van der Waals surface area contributed by atoms with E-state index in [9.17, 15) is 0 Å². The van der Waals surface area contributed by atoms with Crippen LogP contribution in [0.1, 0.15) is 12.0 Å². The minimum atomic E-state index is 0.783. The molecule has 0 aliphatic rings. The van der Waals surface area contributed by atoms with Crippen molar-refractivity contribution in [1.29, 1.82) is 0 Å². The first-order valence-electron chi connectivity index (χ1n) is 4.14.